The third-order valence-electron chi connectivity index (χ3n) is 4.50. The summed E-state index contributed by atoms with van der Waals surface area (Å²) in [5, 5.41) is 8.57. The van der Waals surface area contributed by atoms with Gasteiger partial charge < -0.3 is 18.9 Å². The third-order valence-corrected chi connectivity index (χ3v) is 4.50. The predicted molar refractivity (Wildman–Crippen MR) is 101 cm³/mol. The van der Waals surface area contributed by atoms with Crippen LogP contribution in [-0.4, -0.2) is 53.8 Å². The number of rotatable bonds is 8. The smallest absolute Gasteiger partial charge is 0.181 e. The van der Waals surface area contributed by atoms with E-state index >= 15 is 0 Å². The lowest BCUT2D eigenvalue weighted by Gasteiger charge is -2.06. The monoisotopic (exact) mass is 377 g/mol. The van der Waals surface area contributed by atoms with Crippen LogP contribution in [0.5, 0.6) is 11.5 Å². The van der Waals surface area contributed by atoms with Crippen LogP contribution >= 0.6 is 0 Å². The van der Waals surface area contributed by atoms with Gasteiger partial charge in [-0.15, -0.1) is 10.2 Å². The Balaban J connectivity index is 1.23. The van der Waals surface area contributed by atoms with Crippen molar-refractivity contribution in [3.8, 4) is 34.1 Å². The second-order valence-corrected chi connectivity index (χ2v) is 6.75. The fraction of sp³-hybridized carbons (Fsp3) is 0.286. The van der Waals surface area contributed by atoms with Gasteiger partial charge in [0.25, 0.3) is 0 Å². The van der Waals surface area contributed by atoms with E-state index in [2.05, 4.69) is 15.2 Å². The number of ether oxygens (including phenoxy) is 4. The maximum Gasteiger partial charge on any atom is 0.181 e. The summed E-state index contributed by atoms with van der Waals surface area (Å²) in [5.41, 5.74) is 2.54. The van der Waals surface area contributed by atoms with E-state index < -0.39 is 0 Å². The molecule has 142 valence electrons. The van der Waals surface area contributed by atoms with Crippen LogP contribution in [0.15, 0.2) is 54.7 Å². The molecule has 2 aromatic carbocycles. The van der Waals surface area contributed by atoms with E-state index in [1.807, 2.05) is 48.5 Å². The van der Waals surface area contributed by atoms with Crippen molar-refractivity contribution in [3.63, 3.8) is 0 Å². The zero-order valence-electron chi connectivity index (χ0n) is 15.2. The molecule has 3 aromatic rings. The minimum absolute atomic E-state index is 0.243. The summed E-state index contributed by atoms with van der Waals surface area (Å²) in [6.07, 6.45) is 2.22. The van der Waals surface area contributed by atoms with Gasteiger partial charge >= 0.3 is 0 Å². The first kappa shape index (κ1) is 17.1. The molecule has 1 aromatic heterocycles. The van der Waals surface area contributed by atoms with Crippen molar-refractivity contribution in [1.82, 2.24) is 15.2 Å². The average molecular weight is 377 g/mol. The van der Waals surface area contributed by atoms with Crippen molar-refractivity contribution in [2.24, 2.45) is 0 Å². The normalized spacial score (nSPS) is 19.9. The molecule has 0 spiro atoms. The Labute approximate surface area is 162 Å². The minimum Gasteiger partial charge on any atom is -0.491 e. The van der Waals surface area contributed by atoms with Crippen molar-refractivity contribution in [1.29, 1.82) is 0 Å². The lowest BCUT2D eigenvalue weighted by Crippen LogP contribution is -2.04. The summed E-state index contributed by atoms with van der Waals surface area (Å²) in [7, 11) is 0. The summed E-state index contributed by atoms with van der Waals surface area (Å²) >= 11 is 0. The van der Waals surface area contributed by atoms with Gasteiger partial charge in [-0.25, -0.2) is 4.98 Å². The number of benzene rings is 2. The molecule has 0 unspecified atom stereocenters. The van der Waals surface area contributed by atoms with E-state index in [0.29, 0.717) is 24.7 Å². The van der Waals surface area contributed by atoms with Gasteiger partial charge in [0.1, 0.15) is 42.6 Å². The van der Waals surface area contributed by atoms with Crippen LogP contribution in [0, 0.1) is 0 Å². The Morgan fingerprint density at radius 2 is 1.29 bits per heavy atom. The van der Waals surface area contributed by atoms with Crippen molar-refractivity contribution in [3.05, 3.63) is 54.7 Å². The van der Waals surface area contributed by atoms with Crippen molar-refractivity contribution in [2.45, 2.75) is 12.2 Å². The van der Waals surface area contributed by atoms with Crippen LogP contribution in [0.2, 0.25) is 0 Å². The molecule has 0 N–H and O–H groups in total. The fourth-order valence-corrected chi connectivity index (χ4v) is 2.67. The highest BCUT2D eigenvalue weighted by Gasteiger charge is 2.23. The molecule has 0 bridgehead atoms. The van der Waals surface area contributed by atoms with Crippen molar-refractivity contribution >= 4 is 0 Å². The van der Waals surface area contributed by atoms with Gasteiger partial charge in [-0.2, -0.15) is 0 Å². The number of nitrogens with zero attached hydrogens (tertiary/aromatic N) is 3. The number of aromatic nitrogens is 3. The molecule has 3 heterocycles. The molecule has 0 aliphatic carbocycles. The minimum atomic E-state index is 0.243. The van der Waals surface area contributed by atoms with E-state index in [4.69, 9.17) is 18.9 Å². The van der Waals surface area contributed by atoms with Gasteiger partial charge in [0, 0.05) is 11.1 Å². The van der Waals surface area contributed by atoms with Crippen LogP contribution in [-0.2, 0) is 9.47 Å². The Morgan fingerprint density at radius 3 is 1.75 bits per heavy atom. The molecule has 28 heavy (non-hydrogen) atoms. The van der Waals surface area contributed by atoms with E-state index in [9.17, 15) is 0 Å². The zero-order chi connectivity index (χ0) is 18.8. The first-order valence-electron chi connectivity index (χ1n) is 9.23. The van der Waals surface area contributed by atoms with Gasteiger partial charge in [0.2, 0.25) is 0 Å². The molecule has 5 rings (SSSR count). The number of hydrogen-bond donors (Lipinski definition) is 0. The average Bonchev–Trinajstić information content (AvgIpc) is 3.67. The quantitative estimate of drug-likeness (QED) is 0.558. The molecule has 0 saturated carbocycles. The summed E-state index contributed by atoms with van der Waals surface area (Å²) in [6, 6.07) is 15.4. The highest BCUT2D eigenvalue weighted by molar-refractivity contribution is 5.61. The SMILES string of the molecule is c1cc(-c2cnc(-c3ccc(OC[C@@H]4CO4)cc3)nn2)ccc1OC[C@@H]1CO1. The molecular weight excluding hydrogens is 358 g/mol. The molecule has 2 saturated heterocycles. The maximum absolute atomic E-state index is 5.65. The number of epoxide rings is 2. The van der Waals surface area contributed by atoms with E-state index in [1.165, 1.54) is 0 Å². The van der Waals surface area contributed by atoms with Gasteiger partial charge in [0.05, 0.1) is 19.4 Å². The van der Waals surface area contributed by atoms with Crippen LogP contribution in [0.3, 0.4) is 0 Å². The molecule has 7 nitrogen and oxygen atoms in total. The maximum atomic E-state index is 5.65. The zero-order valence-corrected chi connectivity index (χ0v) is 15.2. The molecule has 2 atom stereocenters. The van der Waals surface area contributed by atoms with Crippen LogP contribution in [0.4, 0.5) is 0 Å². The Hall–Kier alpha value is -3.03. The fourth-order valence-electron chi connectivity index (χ4n) is 2.67. The standard InChI is InChI=1S/C21H19N3O4/c1-5-16(25-10-18-12-27-18)6-2-14(1)20-9-22-21(24-23-20)15-3-7-17(8-4-15)26-11-19-13-28-19/h1-9,18-19H,10-13H2/t18-,19-/m1/s1. The Bertz CT molecular complexity index is 843. The van der Waals surface area contributed by atoms with Gasteiger partial charge in [-0.1, -0.05) is 0 Å². The van der Waals surface area contributed by atoms with Gasteiger partial charge in [-0.05, 0) is 48.5 Å². The summed E-state index contributed by atoms with van der Waals surface area (Å²) in [4.78, 5) is 4.45. The highest BCUT2D eigenvalue weighted by atomic mass is 16.6. The molecule has 7 heteroatoms. The second kappa shape index (κ2) is 7.53. The predicted octanol–water partition coefficient (Wildman–Crippen LogP) is 2.76. The largest absolute Gasteiger partial charge is 0.491 e. The van der Waals surface area contributed by atoms with Crippen LogP contribution < -0.4 is 9.47 Å². The molecular formula is C21H19N3O4. The lowest BCUT2D eigenvalue weighted by molar-refractivity contribution is 0.263. The molecule has 0 radical (unpaired) electrons. The van der Waals surface area contributed by atoms with Gasteiger partial charge in [0.15, 0.2) is 5.82 Å². The van der Waals surface area contributed by atoms with E-state index in [1.54, 1.807) is 6.20 Å². The molecule has 2 fully saturated rings. The van der Waals surface area contributed by atoms with Gasteiger partial charge in [-0.3, -0.25) is 0 Å². The molecule has 0 amide bonds. The highest BCUT2D eigenvalue weighted by Crippen LogP contribution is 2.23. The third kappa shape index (κ3) is 4.27. The number of hydrogen-bond acceptors (Lipinski definition) is 7. The van der Waals surface area contributed by atoms with E-state index in [0.717, 1.165) is 35.8 Å². The van der Waals surface area contributed by atoms with Crippen molar-refractivity contribution < 1.29 is 18.9 Å². The molecule has 2 aliphatic heterocycles. The van der Waals surface area contributed by atoms with E-state index in [-0.39, 0.29) is 12.2 Å². The summed E-state index contributed by atoms with van der Waals surface area (Å²) < 4.78 is 21.6. The topological polar surface area (TPSA) is 82.2 Å². The summed E-state index contributed by atoms with van der Waals surface area (Å²) in [6.45, 7) is 2.75. The Morgan fingerprint density at radius 1 is 0.750 bits per heavy atom. The first-order chi connectivity index (χ1) is 13.8. The first-order valence-corrected chi connectivity index (χ1v) is 9.23. The Kier molecular flexibility index (Phi) is 4.60. The lowest BCUT2D eigenvalue weighted by atomic mass is 10.1. The molecule has 2 aliphatic rings. The summed E-state index contributed by atoms with van der Waals surface area (Å²) in [5.74, 6) is 2.19. The second-order valence-electron chi connectivity index (χ2n) is 6.75. The van der Waals surface area contributed by atoms with Crippen LogP contribution in [0.25, 0.3) is 22.6 Å². The van der Waals surface area contributed by atoms with Crippen LogP contribution in [0.1, 0.15) is 0 Å². The van der Waals surface area contributed by atoms with Crippen molar-refractivity contribution in [2.75, 3.05) is 26.4 Å².